The van der Waals surface area contributed by atoms with E-state index in [1.54, 1.807) is 12.1 Å². The van der Waals surface area contributed by atoms with E-state index < -0.39 is 5.97 Å². The molecule has 2 aromatic carbocycles. The molecule has 2 N–H and O–H groups in total. The maximum absolute atomic E-state index is 13.0. The molecule has 2 aromatic heterocycles. The molecule has 1 fully saturated rings. The van der Waals surface area contributed by atoms with Crippen LogP contribution in [0.2, 0.25) is 0 Å². The number of hydrogen-bond donors (Lipinski definition) is 2. The van der Waals surface area contributed by atoms with Crippen LogP contribution in [0, 0.1) is 0 Å². The molecule has 0 amide bonds. The van der Waals surface area contributed by atoms with Crippen LogP contribution in [0.15, 0.2) is 53.3 Å². The fourth-order valence-electron chi connectivity index (χ4n) is 5.09. The first kappa shape index (κ1) is 23.8. The lowest BCUT2D eigenvalue weighted by Gasteiger charge is -2.22. The van der Waals surface area contributed by atoms with E-state index in [-0.39, 0.29) is 23.1 Å². The largest absolute Gasteiger partial charge is 0.478 e. The fraction of sp³-hybridized carbons (Fsp3) is 0.357. The van der Waals surface area contributed by atoms with E-state index in [9.17, 15) is 14.7 Å². The summed E-state index contributed by atoms with van der Waals surface area (Å²) in [6.45, 7) is 4.31. The van der Waals surface area contributed by atoms with Crippen LogP contribution in [0.3, 0.4) is 0 Å². The molecule has 0 aliphatic heterocycles. The Morgan fingerprint density at radius 1 is 1.11 bits per heavy atom. The zero-order valence-electron chi connectivity index (χ0n) is 20.5. The average Bonchev–Trinajstić information content (AvgIpc) is 3.27. The first-order valence-electron chi connectivity index (χ1n) is 12.5. The summed E-state index contributed by atoms with van der Waals surface area (Å²) in [7, 11) is 0. The first-order valence-corrected chi connectivity index (χ1v) is 12.5. The third-order valence-corrected chi connectivity index (χ3v) is 6.75. The zero-order chi connectivity index (χ0) is 25.2. The topological polar surface area (TPSA) is 110 Å². The summed E-state index contributed by atoms with van der Waals surface area (Å²) in [6.07, 6.45) is 5.50. The highest BCUT2D eigenvalue weighted by Crippen LogP contribution is 2.35. The third-order valence-electron chi connectivity index (χ3n) is 6.75. The van der Waals surface area contributed by atoms with Gasteiger partial charge in [0, 0.05) is 12.5 Å². The zero-order valence-corrected chi connectivity index (χ0v) is 20.5. The Hall–Kier alpha value is -3.94. The van der Waals surface area contributed by atoms with Crippen LogP contribution in [0.1, 0.15) is 73.6 Å². The molecule has 0 radical (unpaired) electrons. The highest BCUT2D eigenvalue weighted by Gasteiger charge is 2.26. The van der Waals surface area contributed by atoms with Crippen molar-refractivity contribution in [3.8, 4) is 17.0 Å². The van der Waals surface area contributed by atoms with Crippen molar-refractivity contribution in [2.45, 2.75) is 64.5 Å². The minimum absolute atomic E-state index is 0.101. The standard InChI is InChI=1S/C28H30N4O4/c1-17(2)36-27-23-24(26(33)30-31-27)32(25(29-23)20-8-4-3-5-9-20)16-18-12-14-19(15-13-18)21-10-6-7-11-22(21)28(34)35/h6-7,10-15,17,20H,3-5,8-9,16H2,1-2H3,(H,30,33)(H,34,35). The number of aromatic carboxylic acids is 1. The van der Waals surface area contributed by atoms with Crippen LogP contribution < -0.4 is 10.3 Å². The van der Waals surface area contributed by atoms with E-state index in [0.29, 0.717) is 29.0 Å². The average molecular weight is 487 g/mol. The third kappa shape index (κ3) is 4.63. The fourth-order valence-corrected chi connectivity index (χ4v) is 5.09. The number of carboxylic acids is 1. The predicted octanol–water partition coefficient (Wildman–Crippen LogP) is 5.37. The number of aromatic amines is 1. The van der Waals surface area contributed by atoms with Crippen molar-refractivity contribution in [2.75, 3.05) is 0 Å². The second-order valence-corrected chi connectivity index (χ2v) is 9.66. The molecule has 0 saturated heterocycles. The molecule has 8 heteroatoms. The van der Waals surface area contributed by atoms with Gasteiger partial charge in [0.1, 0.15) is 11.3 Å². The van der Waals surface area contributed by atoms with Crippen LogP contribution in [0.5, 0.6) is 5.88 Å². The van der Waals surface area contributed by atoms with Gasteiger partial charge in [-0.1, -0.05) is 61.7 Å². The van der Waals surface area contributed by atoms with Crippen molar-refractivity contribution >= 4 is 17.0 Å². The Labute approximate surface area is 209 Å². The molecule has 1 aliphatic carbocycles. The molecule has 0 bridgehead atoms. The SMILES string of the molecule is CC(C)Oc1n[nH]c(=O)c2c1nc(C1CCCCC1)n2Cc1ccc(-c2ccccc2C(=O)O)cc1. The second-order valence-electron chi connectivity index (χ2n) is 9.66. The van der Waals surface area contributed by atoms with E-state index in [2.05, 4.69) is 10.2 Å². The van der Waals surface area contributed by atoms with Gasteiger partial charge in [0.15, 0.2) is 5.52 Å². The summed E-state index contributed by atoms with van der Waals surface area (Å²) in [5.74, 6) is 0.566. The van der Waals surface area contributed by atoms with E-state index in [1.165, 1.54) is 6.42 Å². The minimum atomic E-state index is -0.955. The molecule has 5 rings (SSSR count). The summed E-state index contributed by atoms with van der Waals surface area (Å²) in [5, 5.41) is 16.3. The highest BCUT2D eigenvalue weighted by molar-refractivity contribution is 5.96. The van der Waals surface area contributed by atoms with E-state index in [1.807, 2.05) is 54.8 Å². The molecule has 36 heavy (non-hydrogen) atoms. The predicted molar refractivity (Wildman–Crippen MR) is 138 cm³/mol. The van der Waals surface area contributed by atoms with Crippen molar-refractivity contribution in [2.24, 2.45) is 0 Å². The number of H-pyrrole nitrogens is 1. The van der Waals surface area contributed by atoms with Gasteiger partial charge in [-0.2, -0.15) is 0 Å². The van der Waals surface area contributed by atoms with Crippen molar-refractivity contribution in [1.82, 2.24) is 19.7 Å². The molecule has 4 aromatic rings. The number of hydrogen-bond acceptors (Lipinski definition) is 5. The Balaban J connectivity index is 1.56. The first-order chi connectivity index (χ1) is 17.4. The van der Waals surface area contributed by atoms with Gasteiger partial charge in [-0.05, 0) is 49.4 Å². The van der Waals surface area contributed by atoms with Gasteiger partial charge in [-0.25, -0.2) is 14.9 Å². The van der Waals surface area contributed by atoms with Crippen LogP contribution in [-0.4, -0.2) is 36.9 Å². The number of fused-ring (bicyclic) bond motifs is 1. The molecule has 0 unspecified atom stereocenters. The maximum atomic E-state index is 13.0. The number of nitrogens with zero attached hydrogens (tertiary/aromatic N) is 3. The number of nitrogens with one attached hydrogen (secondary N) is 1. The summed E-state index contributed by atoms with van der Waals surface area (Å²) in [6, 6.07) is 14.8. The number of carbonyl (C=O) groups is 1. The molecule has 186 valence electrons. The number of carboxylic acid groups (broad SMARTS) is 1. The number of aromatic nitrogens is 4. The Bertz CT molecular complexity index is 1450. The molecule has 0 spiro atoms. The second kappa shape index (κ2) is 9.97. The van der Waals surface area contributed by atoms with Crippen molar-refractivity contribution < 1.29 is 14.6 Å². The van der Waals surface area contributed by atoms with Crippen molar-refractivity contribution in [3.05, 3.63) is 75.8 Å². The maximum Gasteiger partial charge on any atom is 0.336 e. The Morgan fingerprint density at radius 3 is 2.53 bits per heavy atom. The van der Waals surface area contributed by atoms with E-state index >= 15 is 0 Å². The van der Waals surface area contributed by atoms with Gasteiger partial charge in [0.05, 0.1) is 11.7 Å². The van der Waals surface area contributed by atoms with Gasteiger partial charge >= 0.3 is 5.97 Å². The monoisotopic (exact) mass is 486 g/mol. The molecular weight excluding hydrogens is 456 g/mol. The van der Waals surface area contributed by atoms with Gasteiger partial charge < -0.3 is 14.4 Å². The minimum Gasteiger partial charge on any atom is -0.478 e. The Morgan fingerprint density at radius 2 is 1.83 bits per heavy atom. The number of benzene rings is 2. The highest BCUT2D eigenvalue weighted by atomic mass is 16.5. The normalized spacial score (nSPS) is 14.4. The van der Waals surface area contributed by atoms with Gasteiger partial charge in [0.2, 0.25) is 0 Å². The van der Waals surface area contributed by atoms with Crippen LogP contribution in [0.25, 0.3) is 22.2 Å². The summed E-state index contributed by atoms with van der Waals surface area (Å²) in [5.41, 5.74) is 3.44. The molecule has 1 saturated carbocycles. The summed E-state index contributed by atoms with van der Waals surface area (Å²) >= 11 is 0. The lowest BCUT2D eigenvalue weighted by atomic mass is 9.88. The van der Waals surface area contributed by atoms with Crippen molar-refractivity contribution in [1.29, 1.82) is 0 Å². The number of imidazole rings is 1. The molecule has 1 aliphatic rings. The van der Waals surface area contributed by atoms with Crippen molar-refractivity contribution in [3.63, 3.8) is 0 Å². The lowest BCUT2D eigenvalue weighted by molar-refractivity contribution is 0.0697. The van der Waals surface area contributed by atoms with Gasteiger partial charge in [-0.15, -0.1) is 5.10 Å². The smallest absolute Gasteiger partial charge is 0.336 e. The molecular formula is C28H30N4O4. The summed E-state index contributed by atoms with van der Waals surface area (Å²) in [4.78, 5) is 29.6. The number of ether oxygens (including phenoxy) is 1. The van der Waals surface area contributed by atoms with Crippen LogP contribution in [-0.2, 0) is 6.54 Å². The van der Waals surface area contributed by atoms with E-state index in [4.69, 9.17) is 9.72 Å². The van der Waals surface area contributed by atoms with Crippen LogP contribution >= 0.6 is 0 Å². The Kier molecular flexibility index (Phi) is 6.59. The lowest BCUT2D eigenvalue weighted by Crippen LogP contribution is -2.18. The molecule has 8 nitrogen and oxygen atoms in total. The summed E-state index contributed by atoms with van der Waals surface area (Å²) < 4.78 is 7.89. The van der Waals surface area contributed by atoms with Crippen LogP contribution in [0.4, 0.5) is 0 Å². The molecule has 0 atom stereocenters. The van der Waals surface area contributed by atoms with Gasteiger partial charge in [-0.3, -0.25) is 4.79 Å². The quantitative estimate of drug-likeness (QED) is 0.363. The molecule has 2 heterocycles. The van der Waals surface area contributed by atoms with Gasteiger partial charge in [0.25, 0.3) is 11.4 Å². The van der Waals surface area contributed by atoms with E-state index in [0.717, 1.165) is 42.6 Å². The number of rotatable bonds is 7.